The Labute approximate surface area is 103 Å². The van der Waals surface area contributed by atoms with Crippen molar-refractivity contribution in [3.05, 3.63) is 33.1 Å². The summed E-state index contributed by atoms with van der Waals surface area (Å²) >= 11 is 0. The minimum atomic E-state index is -2.11. The van der Waals surface area contributed by atoms with E-state index in [9.17, 15) is 9.59 Å². The molecule has 1 fully saturated rings. The molecule has 1 saturated heterocycles. The fraction of sp³-hybridized carbons (Fsp3) is 0.556. The van der Waals surface area contributed by atoms with Crippen LogP contribution in [0.15, 0.2) is 21.9 Å². The molecule has 8 nitrogen and oxygen atoms in total. The van der Waals surface area contributed by atoms with Crippen LogP contribution in [-0.2, 0) is 9.47 Å². The van der Waals surface area contributed by atoms with Gasteiger partial charge in [-0.05, 0) is 6.42 Å². The van der Waals surface area contributed by atoms with Crippen molar-refractivity contribution in [2.24, 2.45) is 0 Å². The molecule has 3 N–H and O–H groups in total. The van der Waals surface area contributed by atoms with Crippen LogP contribution in [0.2, 0.25) is 0 Å². The van der Waals surface area contributed by atoms with E-state index in [1.165, 1.54) is 16.8 Å². The molecular weight excluding hydrogens is 263 g/mol. The van der Waals surface area contributed by atoms with Gasteiger partial charge in [0.25, 0.3) is 5.56 Å². The average Bonchev–Trinajstić information content (AvgIpc) is 2.75. The van der Waals surface area contributed by atoms with Gasteiger partial charge in [0.05, 0.1) is 0 Å². The zero-order chi connectivity index (χ0) is 13.1. The molecule has 100 valence electrons. The Morgan fingerprint density at radius 1 is 1.50 bits per heavy atom. The van der Waals surface area contributed by atoms with Crippen molar-refractivity contribution in [2.45, 2.75) is 25.4 Å². The van der Waals surface area contributed by atoms with E-state index in [0.29, 0.717) is 12.8 Å². The van der Waals surface area contributed by atoms with Gasteiger partial charge in [0.15, 0.2) is 14.7 Å². The predicted molar refractivity (Wildman–Crippen MR) is 61.8 cm³/mol. The quantitative estimate of drug-likeness (QED) is 0.635. The van der Waals surface area contributed by atoms with E-state index in [0.717, 1.165) is 0 Å². The topological polar surface area (TPSA) is 114 Å². The maximum absolute atomic E-state index is 11.5. The number of nitrogens with one attached hydrogen (secondary N) is 1. The van der Waals surface area contributed by atoms with Crippen LogP contribution in [0.5, 0.6) is 0 Å². The number of aromatic amines is 1. The van der Waals surface area contributed by atoms with Gasteiger partial charge in [0, 0.05) is 18.7 Å². The highest BCUT2D eigenvalue weighted by atomic mass is 31.2. The molecule has 1 aromatic heterocycles. The highest BCUT2D eigenvalue weighted by Crippen LogP contribution is 2.30. The fourth-order valence-corrected chi connectivity index (χ4v) is 2.02. The summed E-state index contributed by atoms with van der Waals surface area (Å²) in [7, 11) is -2.11. The molecular formula is C9H13N2O6P. The van der Waals surface area contributed by atoms with E-state index in [4.69, 9.17) is 19.3 Å². The van der Waals surface area contributed by atoms with E-state index < -0.39 is 32.1 Å². The van der Waals surface area contributed by atoms with E-state index in [2.05, 4.69) is 4.98 Å². The maximum Gasteiger partial charge on any atom is 0.330 e. The molecule has 9 heteroatoms. The molecule has 0 aliphatic carbocycles. The lowest BCUT2D eigenvalue weighted by molar-refractivity contribution is -0.141. The van der Waals surface area contributed by atoms with Gasteiger partial charge in [-0.15, -0.1) is 0 Å². The zero-order valence-corrected chi connectivity index (χ0v) is 10.2. The van der Waals surface area contributed by atoms with Crippen molar-refractivity contribution in [1.82, 2.24) is 9.55 Å². The van der Waals surface area contributed by atoms with Crippen LogP contribution >= 0.6 is 8.38 Å². The second-order valence-corrected chi connectivity index (χ2v) is 4.79. The number of rotatable bonds is 4. The van der Waals surface area contributed by atoms with Gasteiger partial charge in [-0.1, -0.05) is 0 Å². The molecule has 1 aromatic rings. The van der Waals surface area contributed by atoms with Crippen molar-refractivity contribution >= 4 is 8.38 Å². The van der Waals surface area contributed by atoms with Gasteiger partial charge in [-0.2, -0.15) is 0 Å². The summed E-state index contributed by atoms with van der Waals surface area (Å²) in [6.45, 7) is 0. The Balaban J connectivity index is 2.00. The number of hydrogen-bond acceptors (Lipinski definition) is 6. The number of hydrogen-bond donors (Lipinski definition) is 3. The molecule has 1 aliphatic rings. The summed E-state index contributed by atoms with van der Waals surface area (Å²) in [5.74, 6) is 0. The van der Waals surface area contributed by atoms with Gasteiger partial charge in [-0.3, -0.25) is 14.3 Å². The standard InChI is InChI=1S/C9H13N2O6P/c12-6-3-4-11(9(13)10-6)7-1-2-8(17-7)16-5-18(14)15/h3-4,7-8,14-15H,1-2,5H2,(H,10,12,13). The largest absolute Gasteiger partial charge is 0.348 e. The minimum Gasteiger partial charge on any atom is -0.348 e. The SMILES string of the molecule is O=c1ccn(C2CCC(OCP(O)O)O2)c(=O)[nH]1. The van der Waals surface area contributed by atoms with Crippen LogP contribution in [-0.4, -0.2) is 32.0 Å². The van der Waals surface area contributed by atoms with Crippen LogP contribution in [0, 0.1) is 0 Å². The number of H-pyrrole nitrogens is 1. The summed E-state index contributed by atoms with van der Waals surface area (Å²) in [4.78, 5) is 42.0. The van der Waals surface area contributed by atoms with E-state index in [1.807, 2.05) is 0 Å². The highest BCUT2D eigenvalue weighted by Gasteiger charge is 2.28. The summed E-state index contributed by atoms with van der Waals surface area (Å²) in [6.07, 6.45) is 1.18. The lowest BCUT2D eigenvalue weighted by Gasteiger charge is -2.15. The molecule has 2 unspecified atom stereocenters. The summed E-state index contributed by atoms with van der Waals surface area (Å²) in [5.41, 5.74) is -1.01. The first-order valence-electron chi connectivity index (χ1n) is 5.30. The normalized spacial score (nSPS) is 23.7. The Hall–Kier alpha value is -1.05. The average molecular weight is 276 g/mol. The van der Waals surface area contributed by atoms with Crippen molar-refractivity contribution < 1.29 is 19.3 Å². The molecule has 0 radical (unpaired) electrons. The third-order valence-corrected chi connectivity index (χ3v) is 2.88. The third kappa shape index (κ3) is 3.24. The molecule has 2 heterocycles. The molecule has 0 spiro atoms. The van der Waals surface area contributed by atoms with Crippen molar-refractivity contribution in [3.63, 3.8) is 0 Å². The second-order valence-electron chi connectivity index (χ2n) is 3.78. The first-order chi connectivity index (χ1) is 8.56. The van der Waals surface area contributed by atoms with Gasteiger partial charge < -0.3 is 19.3 Å². The van der Waals surface area contributed by atoms with Crippen molar-refractivity contribution in [1.29, 1.82) is 0 Å². The van der Waals surface area contributed by atoms with E-state index >= 15 is 0 Å². The maximum atomic E-state index is 11.5. The van der Waals surface area contributed by atoms with Crippen LogP contribution < -0.4 is 11.2 Å². The lowest BCUT2D eigenvalue weighted by Crippen LogP contribution is -2.31. The summed E-state index contributed by atoms with van der Waals surface area (Å²) in [6, 6.07) is 1.24. The van der Waals surface area contributed by atoms with Gasteiger partial charge in [-0.25, -0.2) is 4.79 Å². The van der Waals surface area contributed by atoms with E-state index in [1.54, 1.807) is 0 Å². The Morgan fingerprint density at radius 3 is 2.94 bits per heavy atom. The van der Waals surface area contributed by atoms with Crippen molar-refractivity contribution in [2.75, 3.05) is 6.35 Å². The number of nitrogens with zero attached hydrogens (tertiary/aromatic N) is 1. The zero-order valence-electron chi connectivity index (χ0n) is 9.35. The minimum absolute atomic E-state index is 0.187. The number of ether oxygens (including phenoxy) is 2. The Morgan fingerprint density at radius 2 is 2.28 bits per heavy atom. The monoisotopic (exact) mass is 276 g/mol. The Kier molecular flexibility index (Phi) is 4.26. The molecule has 0 amide bonds. The van der Waals surface area contributed by atoms with Gasteiger partial charge >= 0.3 is 5.69 Å². The Bertz CT molecular complexity index is 512. The smallest absolute Gasteiger partial charge is 0.330 e. The molecule has 1 aliphatic heterocycles. The first kappa shape index (κ1) is 13.4. The molecule has 0 bridgehead atoms. The van der Waals surface area contributed by atoms with Crippen LogP contribution in [0.1, 0.15) is 19.1 Å². The van der Waals surface area contributed by atoms with Gasteiger partial charge in [0.2, 0.25) is 0 Å². The second kappa shape index (κ2) is 5.73. The van der Waals surface area contributed by atoms with Gasteiger partial charge in [0.1, 0.15) is 12.6 Å². The van der Waals surface area contributed by atoms with Crippen LogP contribution in [0.4, 0.5) is 0 Å². The molecule has 0 saturated carbocycles. The fourth-order valence-electron chi connectivity index (χ4n) is 1.72. The molecule has 18 heavy (non-hydrogen) atoms. The first-order valence-corrected chi connectivity index (χ1v) is 6.73. The lowest BCUT2D eigenvalue weighted by atomic mass is 10.3. The van der Waals surface area contributed by atoms with E-state index in [-0.39, 0.29) is 6.35 Å². The molecule has 2 rings (SSSR count). The third-order valence-electron chi connectivity index (χ3n) is 2.50. The summed E-state index contributed by atoms with van der Waals surface area (Å²) < 4.78 is 11.8. The number of aromatic nitrogens is 2. The van der Waals surface area contributed by atoms with Crippen molar-refractivity contribution in [3.8, 4) is 0 Å². The van der Waals surface area contributed by atoms with Crippen LogP contribution in [0.25, 0.3) is 0 Å². The summed E-state index contributed by atoms with van der Waals surface area (Å²) in [5, 5.41) is 0. The predicted octanol–water partition coefficient (Wildman–Crippen LogP) is -0.558. The molecule has 0 aromatic carbocycles. The van der Waals surface area contributed by atoms with Crippen LogP contribution in [0.3, 0.4) is 0 Å². The highest BCUT2D eigenvalue weighted by molar-refractivity contribution is 7.44. The molecule has 2 atom stereocenters.